The average Bonchev–Trinajstić information content (AvgIpc) is 2.61. The van der Waals surface area contributed by atoms with E-state index in [4.69, 9.17) is 0 Å². The quantitative estimate of drug-likeness (QED) is 0.850. The highest BCUT2D eigenvalue weighted by molar-refractivity contribution is 9.10. The molecule has 1 aliphatic carbocycles. The zero-order valence-electron chi connectivity index (χ0n) is 13.8. The van der Waals surface area contributed by atoms with Crippen molar-refractivity contribution in [3.63, 3.8) is 0 Å². The lowest BCUT2D eigenvalue weighted by atomic mass is 10.0. The summed E-state index contributed by atoms with van der Waals surface area (Å²) >= 11 is 3.70. The number of nitrogens with zero attached hydrogens (tertiary/aromatic N) is 2. The Labute approximate surface area is 131 Å². The second kappa shape index (κ2) is 5.13. The molecule has 0 radical (unpaired) electrons. The fourth-order valence-electron chi connectivity index (χ4n) is 3.73. The van der Waals surface area contributed by atoms with Gasteiger partial charge in [-0.2, -0.15) is 5.10 Å². The van der Waals surface area contributed by atoms with Crippen molar-refractivity contribution in [2.45, 2.75) is 60.5 Å². The van der Waals surface area contributed by atoms with Crippen molar-refractivity contribution in [1.82, 2.24) is 15.1 Å². The second-order valence-corrected chi connectivity index (χ2v) is 8.23. The van der Waals surface area contributed by atoms with Crippen molar-refractivity contribution in [1.29, 1.82) is 0 Å². The zero-order valence-corrected chi connectivity index (χ0v) is 15.4. The summed E-state index contributed by atoms with van der Waals surface area (Å²) in [7, 11) is 0. The van der Waals surface area contributed by atoms with Crippen LogP contribution >= 0.6 is 15.9 Å². The molecule has 2 rings (SSSR count). The van der Waals surface area contributed by atoms with Gasteiger partial charge in [0.15, 0.2) is 0 Å². The lowest BCUT2D eigenvalue weighted by Crippen LogP contribution is -2.28. The van der Waals surface area contributed by atoms with Crippen molar-refractivity contribution < 1.29 is 0 Å². The molecule has 4 heteroatoms. The van der Waals surface area contributed by atoms with Gasteiger partial charge in [-0.1, -0.05) is 34.6 Å². The molecule has 3 nitrogen and oxygen atoms in total. The van der Waals surface area contributed by atoms with Crippen LogP contribution in [0.3, 0.4) is 0 Å². The Morgan fingerprint density at radius 2 is 1.85 bits per heavy atom. The molecule has 0 spiro atoms. The van der Waals surface area contributed by atoms with Crippen LogP contribution in [0, 0.1) is 16.7 Å². The second-order valence-electron chi connectivity index (χ2n) is 7.37. The number of hydrogen-bond acceptors (Lipinski definition) is 2. The molecule has 0 saturated heterocycles. The van der Waals surface area contributed by atoms with Gasteiger partial charge in [-0.05, 0) is 53.1 Å². The molecule has 1 fully saturated rings. The Bertz CT molecular complexity index is 474. The van der Waals surface area contributed by atoms with Crippen molar-refractivity contribution in [2.24, 2.45) is 16.7 Å². The van der Waals surface area contributed by atoms with Crippen molar-refractivity contribution in [3.8, 4) is 0 Å². The molecule has 0 aromatic carbocycles. The van der Waals surface area contributed by atoms with E-state index in [9.17, 15) is 0 Å². The van der Waals surface area contributed by atoms with Gasteiger partial charge >= 0.3 is 0 Å². The first kappa shape index (κ1) is 16.0. The van der Waals surface area contributed by atoms with E-state index in [-0.39, 0.29) is 0 Å². The highest BCUT2D eigenvalue weighted by Crippen LogP contribution is 2.72. The van der Waals surface area contributed by atoms with Gasteiger partial charge in [0.1, 0.15) is 0 Å². The fraction of sp³-hybridized carbons (Fsp3) is 0.812. The molecular weight excluding hydrogens is 314 g/mol. The van der Waals surface area contributed by atoms with E-state index in [1.807, 2.05) is 6.20 Å². The summed E-state index contributed by atoms with van der Waals surface area (Å²) in [4.78, 5) is 0. The van der Waals surface area contributed by atoms with Crippen molar-refractivity contribution in [3.05, 3.63) is 16.4 Å². The maximum absolute atomic E-state index is 4.55. The number of nitrogens with one attached hydrogen (secondary N) is 1. The molecule has 1 aromatic heterocycles. The minimum Gasteiger partial charge on any atom is -0.309 e. The molecule has 1 aromatic rings. The van der Waals surface area contributed by atoms with E-state index >= 15 is 0 Å². The Morgan fingerprint density at radius 1 is 1.30 bits per heavy atom. The first-order chi connectivity index (χ1) is 9.16. The summed E-state index contributed by atoms with van der Waals surface area (Å²) in [5, 5.41) is 8.26. The van der Waals surface area contributed by atoms with E-state index in [2.05, 4.69) is 79.5 Å². The van der Waals surface area contributed by atoms with E-state index < -0.39 is 0 Å². The lowest BCUT2D eigenvalue weighted by Gasteiger charge is -2.24. The third-order valence-electron chi connectivity index (χ3n) is 5.46. The number of hydrogen-bond donors (Lipinski definition) is 1. The number of halogens is 1. The maximum atomic E-state index is 4.55. The summed E-state index contributed by atoms with van der Waals surface area (Å²) in [6, 6.07) is 0.728. The Kier molecular flexibility index (Phi) is 4.11. The monoisotopic (exact) mass is 341 g/mol. The molecular formula is C16H28BrN3. The van der Waals surface area contributed by atoms with Crippen LogP contribution in [0.4, 0.5) is 0 Å². The molecule has 1 heterocycles. The SMILES string of the molecule is CCNC(c1c(Br)cnn1C(C)C)C1C(C)(C)C1(C)C. The molecule has 1 unspecified atom stereocenters. The molecule has 1 N–H and O–H groups in total. The normalized spacial score (nSPS) is 22.2. The Morgan fingerprint density at radius 3 is 2.25 bits per heavy atom. The molecule has 1 saturated carbocycles. The minimum absolute atomic E-state index is 0.351. The maximum Gasteiger partial charge on any atom is 0.0701 e. The third kappa shape index (κ3) is 2.25. The first-order valence-corrected chi connectivity index (χ1v) is 8.41. The van der Waals surface area contributed by atoms with E-state index in [0.717, 1.165) is 11.0 Å². The van der Waals surface area contributed by atoms with Gasteiger partial charge in [-0.25, -0.2) is 0 Å². The predicted octanol–water partition coefficient (Wildman–Crippen LogP) is 4.56. The Balaban J connectivity index is 2.44. The van der Waals surface area contributed by atoms with Crippen LogP contribution in [-0.2, 0) is 0 Å². The van der Waals surface area contributed by atoms with Crippen LogP contribution in [0.1, 0.15) is 66.2 Å². The summed E-state index contributed by atoms with van der Waals surface area (Å²) in [6.45, 7) is 17.1. The van der Waals surface area contributed by atoms with Gasteiger partial charge in [0.05, 0.1) is 22.4 Å². The van der Waals surface area contributed by atoms with E-state index in [1.165, 1.54) is 5.69 Å². The van der Waals surface area contributed by atoms with Gasteiger partial charge in [0, 0.05) is 6.04 Å². The van der Waals surface area contributed by atoms with Gasteiger partial charge in [-0.3, -0.25) is 4.68 Å². The van der Waals surface area contributed by atoms with Crippen molar-refractivity contribution in [2.75, 3.05) is 6.54 Å². The van der Waals surface area contributed by atoms with Crippen LogP contribution < -0.4 is 5.32 Å². The van der Waals surface area contributed by atoms with E-state index in [0.29, 0.717) is 28.8 Å². The van der Waals surface area contributed by atoms with Crippen LogP contribution in [0.15, 0.2) is 10.7 Å². The van der Waals surface area contributed by atoms with Gasteiger partial charge < -0.3 is 5.32 Å². The lowest BCUT2D eigenvalue weighted by molar-refractivity contribution is 0.374. The molecule has 0 amide bonds. The topological polar surface area (TPSA) is 29.9 Å². The molecule has 0 bridgehead atoms. The Hall–Kier alpha value is -0.350. The van der Waals surface area contributed by atoms with Crippen LogP contribution in [0.2, 0.25) is 0 Å². The summed E-state index contributed by atoms with van der Waals surface area (Å²) in [6.07, 6.45) is 1.93. The standard InChI is InChI=1S/C16H28BrN3/c1-8-18-12(14-15(4,5)16(14,6)7)13-11(17)9-19-20(13)10(2)3/h9-10,12,14,18H,8H2,1-7H3. The van der Waals surface area contributed by atoms with Gasteiger partial charge in [-0.15, -0.1) is 0 Å². The average molecular weight is 342 g/mol. The highest BCUT2D eigenvalue weighted by atomic mass is 79.9. The first-order valence-electron chi connectivity index (χ1n) is 7.62. The molecule has 1 atom stereocenters. The summed E-state index contributed by atoms with van der Waals surface area (Å²) in [5.74, 6) is 0.625. The van der Waals surface area contributed by atoms with Crippen LogP contribution in [0.5, 0.6) is 0 Å². The molecule has 1 aliphatic rings. The summed E-state index contributed by atoms with van der Waals surface area (Å²) < 4.78 is 3.28. The third-order valence-corrected chi connectivity index (χ3v) is 6.07. The number of aromatic nitrogens is 2. The predicted molar refractivity (Wildman–Crippen MR) is 87.8 cm³/mol. The van der Waals surface area contributed by atoms with E-state index in [1.54, 1.807) is 0 Å². The summed E-state index contributed by atoms with van der Waals surface area (Å²) in [5.41, 5.74) is 2.00. The molecule has 0 aliphatic heterocycles. The molecule has 20 heavy (non-hydrogen) atoms. The fourth-order valence-corrected chi connectivity index (χ4v) is 4.25. The highest BCUT2D eigenvalue weighted by Gasteiger charge is 2.67. The van der Waals surface area contributed by atoms with Crippen LogP contribution in [-0.4, -0.2) is 16.3 Å². The zero-order chi connectivity index (χ0) is 15.3. The van der Waals surface area contributed by atoms with Gasteiger partial charge in [0.2, 0.25) is 0 Å². The minimum atomic E-state index is 0.351. The largest absolute Gasteiger partial charge is 0.309 e. The number of rotatable bonds is 5. The smallest absolute Gasteiger partial charge is 0.0701 e. The molecule has 114 valence electrons. The van der Waals surface area contributed by atoms with Crippen LogP contribution in [0.25, 0.3) is 0 Å². The van der Waals surface area contributed by atoms with Crippen molar-refractivity contribution >= 4 is 15.9 Å². The van der Waals surface area contributed by atoms with Gasteiger partial charge in [0.25, 0.3) is 0 Å².